The third-order valence-electron chi connectivity index (χ3n) is 2.71. The lowest BCUT2D eigenvalue weighted by atomic mass is 10.2. The normalized spacial score (nSPS) is 9.83. The summed E-state index contributed by atoms with van der Waals surface area (Å²) in [4.78, 5) is 7.24. The molecule has 0 atom stereocenters. The quantitative estimate of drug-likeness (QED) is 0.862. The molecule has 1 aromatic heterocycles. The fraction of sp³-hybridized carbons (Fsp3) is 0.231. The number of rotatable bonds is 4. The van der Waals surface area contributed by atoms with E-state index >= 15 is 0 Å². The average molecular weight is 242 g/mol. The van der Waals surface area contributed by atoms with Crippen LogP contribution < -0.4 is 10.1 Å². The molecule has 1 aromatic carbocycles. The zero-order valence-corrected chi connectivity index (χ0v) is 10.3. The van der Waals surface area contributed by atoms with Crippen molar-refractivity contribution in [2.75, 3.05) is 12.4 Å². The van der Waals surface area contributed by atoms with Crippen LogP contribution in [-0.2, 0) is 6.54 Å². The van der Waals surface area contributed by atoms with Crippen molar-refractivity contribution in [2.45, 2.75) is 13.5 Å². The number of benzene rings is 1. The molecule has 2 rings (SSSR count). The van der Waals surface area contributed by atoms with Crippen LogP contribution in [0.1, 0.15) is 17.0 Å². The van der Waals surface area contributed by atoms with E-state index in [0.29, 0.717) is 17.9 Å². The summed E-state index contributed by atoms with van der Waals surface area (Å²) in [6.07, 6.45) is 1.67. The molecule has 0 saturated heterocycles. The highest BCUT2D eigenvalue weighted by atomic mass is 16.5. The zero-order valence-electron chi connectivity index (χ0n) is 10.3. The van der Waals surface area contributed by atoms with Crippen LogP contribution in [0.25, 0.3) is 0 Å². The minimum absolute atomic E-state index is 0.577. The van der Waals surface area contributed by atoms with Crippen molar-refractivity contribution < 1.29 is 4.74 Å². The average Bonchev–Trinajstić information content (AvgIpc) is 2.81. The molecule has 0 aliphatic heterocycles. The van der Waals surface area contributed by atoms with Crippen LogP contribution in [0.4, 0.5) is 5.69 Å². The summed E-state index contributed by atoms with van der Waals surface area (Å²) in [6, 6.07) is 7.38. The summed E-state index contributed by atoms with van der Waals surface area (Å²) in [5.74, 6) is 0.655. The monoisotopic (exact) mass is 242 g/mol. The van der Waals surface area contributed by atoms with Gasteiger partial charge in [-0.2, -0.15) is 5.26 Å². The van der Waals surface area contributed by atoms with Gasteiger partial charge >= 0.3 is 0 Å². The molecule has 0 spiro atoms. The molecule has 2 aromatic rings. The molecule has 0 aliphatic rings. The van der Waals surface area contributed by atoms with Crippen LogP contribution in [-0.4, -0.2) is 17.1 Å². The Labute approximate surface area is 105 Å². The summed E-state index contributed by atoms with van der Waals surface area (Å²) < 4.78 is 5.25. The molecule has 0 aliphatic carbocycles. The van der Waals surface area contributed by atoms with Gasteiger partial charge in [-0.15, -0.1) is 0 Å². The van der Waals surface area contributed by atoms with E-state index in [1.165, 1.54) is 0 Å². The van der Waals surface area contributed by atoms with Crippen LogP contribution in [0, 0.1) is 18.3 Å². The highest BCUT2D eigenvalue weighted by Gasteiger charge is 2.06. The number of aromatic nitrogens is 2. The third kappa shape index (κ3) is 2.43. The number of methoxy groups -OCH3 is 1. The summed E-state index contributed by atoms with van der Waals surface area (Å²) in [5.41, 5.74) is 3.42. The van der Waals surface area contributed by atoms with Crippen LogP contribution in [0.3, 0.4) is 0 Å². The molecule has 0 bridgehead atoms. The molecule has 92 valence electrons. The number of ether oxygens (including phenoxy) is 1. The van der Waals surface area contributed by atoms with E-state index in [-0.39, 0.29) is 0 Å². The Morgan fingerprint density at radius 1 is 1.50 bits per heavy atom. The van der Waals surface area contributed by atoms with Crippen molar-refractivity contribution in [1.29, 1.82) is 5.26 Å². The highest BCUT2D eigenvalue weighted by molar-refractivity contribution is 5.59. The number of nitrogens with one attached hydrogen (secondary N) is 2. The summed E-state index contributed by atoms with van der Waals surface area (Å²) in [5, 5.41) is 12.1. The first-order valence-corrected chi connectivity index (χ1v) is 5.55. The van der Waals surface area contributed by atoms with Crippen LogP contribution >= 0.6 is 0 Å². The second-order valence-corrected chi connectivity index (χ2v) is 3.85. The smallest absolute Gasteiger partial charge is 0.143 e. The van der Waals surface area contributed by atoms with Crippen molar-refractivity contribution in [3.8, 4) is 11.8 Å². The number of hydrogen-bond donors (Lipinski definition) is 2. The molecular formula is C13H14N4O. The Balaban J connectivity index is 2.15. The molecular weight excluding hydrogens is 228 g/mol. The molecule has 0 amide bonds. The Morgan fingerprint density at radius 3 is 2.94 bits per heavy atom. The van der Waals surface area contributed by atoms with Gasteiger partial charge in [-0.05, 0) is 19.1 Å². The first kappa shape index (κ1) is 12.0. The second kappa shape index (κ2) is 5.23. The van der Waals surface area contributed by atoms with E-state index in [1.54, 1.807) is 25.6 Å². The first-order valence-electron chi connectivity index (χ1n) is 5.55. The van der Waals surface area contributed by atoms with Gasteiger partial charge in [0.1, 0.15) is 5.75 Å². The fourth-order valence-electron chi connectivity index (χ4n) is 1.65. The van der Waals surface area contributed by atoms with Gasteiger partial charge in [-0.3, -0.25) is 0 Å². The van der Waals surface area contributed by atoms with Gasteiger partial charge in [-0.1, -0.05) is 0 Å². The first-order chi connectivity index (χ1) is 8.74. The van der Waals surface area contributed by atoms with E-state index in [2.05, 4.69) is 21.4 Å². The largest absolute Gasteiger partial charge is 0.495 e. The predicted molar refractivity (Wildman–Crippen MR) is 68.4 cm³/mol. The Hall–Kier alpha value is -2.48. The number of aromatic amines is 1. The van der Waals surface area contributed by atoms with Crippen molar-refractivity contribution in [3.05, 3.63) is 41.5 Å². The molecule has 2 N–H and O–H groups in total. The lowest BCUT2D eigenvalue weighted by molar-refractivity contribution is 0.416. The standard InChI is InChI=1S/C13H14N4O/c1-9-12(17-8-16-9)7-15-11-4-3-10(6-14)5-13(11)18-2/h3-5,8,15H,7H2,1-2H3,(H,16,17). The maximum absolute atomic E-state index is 8.82. The van der Waals surface area contributed by atoms with E-state index < -0.39 is 0 Å². The fourth-order valence-corrected chi connectivity index (χ4v) is 1.65. The number of imidazole rings is 1. The Bertz CT molecular complexity index is 583. The molecule has 0 unspecified atom stereocenters. The Morgan fingerprint density at radius 2 is 2.33 bits per heavy atom. The van der Waals surface area contributed by atoms with Gasteiger partial charge in [0.15, 0.2) is 0 Å². The highest BCUT2D eigenvalue weighted by Crippen LogP contribution is 2.25. The number of H-pyrrole nitrogens is 1. The zero-order chi connectivity index (χ0) is 13.0. The maximum Gasteiger partial charge on any atom is 0.143 e. The molecule has 0 radical (unpaired) electrons. The third-order valence-corrected chi connectivity index (χ3v) is 2.71. The van der Waals surface area contributed by atoms with E-state index in [1.807, 2.05) is 13.0 Å². The van der Waals surface area contributed by atoms with E-state index in [9.17, 15) is 0 Å². The van der Waals surface area contributed by atoms with Gasteiger partial charge in [-0.25, -0.2) is 4.98 Å². The van der Waals surface area contributed by atoms with Gasteiger partial charge in [0.2, 0.25) is 0 Å². The van der Waals surface area contributed by atoms with Gasteiger partial charge in [0.05, 0.1) is 43.0 Å². The van der Waals surface area contributed by atoms with Crippen molar-refractivity contribution in [1.82, 2.24) is 9.97 Å². The molecule has 0 fully saturated rings. The summed E-state index contributed by atoms with van der Waals surface area (Å²) >= 11 is 0. The number of anilines is 1. The summed E-state index contributed by atoms with van der Waals surface area (Å²) in [7, 11) is 1.58. The SMILES string of the molecule is COc1cc(C#N)ccc1NCc1nc[nH]c1C. The molecule has 5 nitrogen and oxygen atoms in total. The van der Waals surface area contributed by atoms with E-state index in [0.717, 1.165) is 17.1 Å². The van der Waals surface area contributed by atoms with E-state index in [4.69, 9.17) is 10.00 Å². The topological polar surface area (TPSA) is 73.7 Å². The van der Waals surface area contributed by atoms with Crippen LogP contribution in [0.2, 0.25) is 0 Å². The lowest BCUT2D eigenvalue weighted by Crippen LogP contribution is -2.03. The van der Waals surface area contributed by atoms with Gasteiger partial charge in [0, 0.05) is 11.8 Å². The van der Waals surface area contributed by atoms with Gasteiger partial charge < -0.3 is 15.0 Å². The Kier molecular flexibility index (Phi) is 3.49. The van der Waals surface area contributed by atoms with Gasteiger partial charge in [0.25, 0.3) is 0 Å². The van der Waals surface area contributed by atoms with Crippen LogP contribution in [0.5, 0.6) is 5.75 Å². The molecule has 5 heteroatoms. The molecule has 18 heavy (non-hydrogen) atoms. The van der Waals surface area contributed by atoms with Crippen molar-refractivity contribution in [2.24, 2.45) is 0 Å². The maximum atomic E-state index is 8.82. The molecule has 0 saturated carbocycles. The summed E-state index contributed by atoms with van der Waals surface area (Å²) in [6.45, 7) is 2.58. The van der Waals surface area contributed by atoms with Crippen molar-refractivity contribution >= 4 is 5.69 Å². The van der Waals surface area contributed by atoms with Crippen LogP contribution in [0.15, 0.2) is 24.5 Å². The second-order valence-electron chi connectivity index (χ2n) is 3.85. The van der Waals surface area contributed by atoms with Crippen molar-refractivity contribution in [3.63, 3.8) is 0 Å². The minimum atomic E-state index is 0.577. The minimum Gasteiger partial charge on any atom is -0.495 e. The number of nitrogens with zero attached hydrogens (tertiary/aromatic N) is 2. The predicted octanol–water partition coefficient (Wildman–Crippen LogP) is 2.21. The number of hydrogen-bond acceptors (Lipinski definition) is 4. The molecule has 1 heterocycles. The lowest BCUT2D eigenvalue weighted by Gasteiger charge is -2.10. The number of nitriles is 1. The number of aryl methyl sites for hydroxylation is 1.